The molecule has 0 aliphatic heterocycles. The van der Waals surface area contributed by atoms with Gasteiger partial charge in [0.25, 0.3) is 5.88 Å². The van der Waals surface area contributed by atoms with Crippen molar-refractivity contribution in [3.8, 4) is 5.88 Å². The molecule has 0 radical (unpaired) electrons. The first-order valence-corrected chi connectivity index (χ1v) is 9.78. The zero-order valence-corrected chi connectivity index (χ0v) is 18.0. The van der Waals surface area contributed by atoms with E-state index in [4.69, 9.17) is 27.9 Å². The van der Waals surface area contributed by atoms with Crippen molar-refractivity contribution in [1.82, 2.24) is 15.0 Å². The average molecular weight is 442 g/mol. The van der Waals surface area contributed by atoms with Crippen LogP contribution in [0.25, 0.3) is 0 Å². The zero-order valence-electron chi connectivity index (χ0n) is 16.5. The van der Waals surface area contributed by atoms with Gasteiger partial charge in [0.15, 0.2) is 0 Å². The third kappa shape index (κ3) is 4.82. The quantitative estimate of drug-likeness (QED) is 0.529. The minimum Gasteiger partial charge on any atom is -0.471 e. The highest BCUT2D eigenvalue weighted by molar-refractivity contribution is 6.42. The van der Waals surface area contributed by atoms with Gasteiger partial charge in [0, 0.05) is 13.5 Å². The number of ether oxygens (including phenoxy) is 1. The molecule has 0 saturated heterocycles. The normalized spacial score (nSPS) is 16.1. The lowest BCUT2D eigenvalue weighted by Crippen LogP contribution is -2.27. The molecule has 1 aromatic carbocycles. The number of aromatic nitrogens is 3. The molecular formula is C19H21Cl2N3O5. The number of hydrogen-bond donors (Lipinski definition) is 0. The first kappa shape index (κ1) is 21.4. The summed E-state index contributed by atoms with van der Waals surface area (Å²) in [5, 5.41) is 8.71. The largest absolute Gasteiger partial charge is 0.471 e. The van der Waals surface area contributed by atoms with Gasteiger partial charge in [-0.25, -0.2) is 24.0 Å². The molecule has 0 amide bonds. The molecule has 0 saturated carbocycles. The first-order chi connectivity index (χ1) is 13.6. The van der Waals surface area contributed by atoms with Gasteiger partial charge in [0.1, 0.15) is 6.10 Å². The first-order valence-electron chi connectivity index (χ1n) is 9.02. The average Bonchev–Trinajstić information content (AvgIpc) is 3.00. The maximum atomic E-state index is 12.4. The molecule has 1 heterocycles. The summed E-state index contributed by atoms with van der Waals surface area (Å²) < 4.78 is 7.12. The Bertz CT molecular complexity index is 952. The van der Waals surface area contributed by atoms with Crippen LogP contribution in [0, 0.1) is 5.41 Å². The van der Waals surface area contributed by atoms with Gasteiger partial charge in [-0.1, -0.05) is 33.5 Å². The predicted molar refractivity (Wildman–Crippen MR) is 105 cm³/mol. The second-order valence-corrected chi connectivity index (χ2v) is 8.69. The molecule has 3 rings (SSSR count). The van der Waals surface area contributed by atoms with Crippen molar-refractivity contribution in [2.24, 2.45) is 12.5 Å². The molecule has 1 aliphatic rings. The summed E-state index contributed by atoms with van der Waals surface area (Å²) in [5.74, 6) is -1.59. The fourth-order valence-corrected chi connectivity index (χ4v) is 3.22. The minimum absolute atomic E-state index is 0.0119. The van der Waals surface area contributed by atoms with Crippen LogP contribution in [-0.4, -0.2) is 33.0 Å². The highest BCUT2D eigenvalue weighted by atomic mass is 35.5. The van der Waals surface area contributed by atoms with Crippen molar-refractivity contribution in [1.29, 1.82) is 0 Å². The lowest BCUT2D eigenvalue weighted by Gasteiger charge is -2.25. The fourth-order valence-electron chi connectivity index (χ4n) is 2.85. The van der Waals surface area contributed by atoms with E-state index >= 15 is 0 Å². The number of fused-ring (bicyclic) bond motifs is 1. The van der Waals surface area contributed by atoms with Crippen molar-refractivity contribution in [2.45, 2.75) is 46.1 Å². The van der Waals surface area contributed by atoms with Crippen LogP contribution >= 0.6 is 23.2 Å². The van der Waals surface area contributed by atoms with Gasteiger partial charge in [0.05, 0.1) is 15.5 Å². The minimum atomic E-state index is -0.920. The van der Waals surface area contributed by atoms with Crippen molar-refractivity contribution >= 4 is 35.1 Å². The van der Waals surface area contributed by atoms with Crippen LogP contribution in [0.5, 0.6) is 5.88 Å². The summed E-state index contributed by atoms with van der Waals surface area (Å²) in [5.41, 5.74) is 1.28. The van der Waals surface area contributed by atoms with E-state index in [0.717, 1.165) is 17.5 Å². The molecule has 1 atom stereocenters. The Hall–Kier alpha value is -2.32. The van der Waals surface area contributed by atoms with Gasteiger partial charge < -0.3 is 4.74 Å². The molecule has 0 fully saturated rings. The lowest BCUT2D eigenvalue weighted by molar-refractivity contribution is -0.242. The Morgan fingerprint density at radius 2 is 1.79 bits per heavy atom. The number of halogens is 2. The summed E-state index contributed by atoms with van der Waals surface area (Å²) in [6.45, 7) is 4.93. The highest BCUT2D eigenvalue weighted by Crippen LogP contribution is 2.32. The molecule has 0 N–H and O–H groups in total. The Kier molecular flexibility index (Phi) is 6.05. The molecule has 1 unspecified atom stereocenters. The summed E-state index contributed by atoms with van der Waals surface area (Å²) >= 11 is 12.2. The number of nitrogens with zero attached hydrogens (tertiary/aromatic N) is 3. The van der Waals surface area contributed by atoms with Crippen LogP contribution in [-0.2, 0) is 34.5 Å². The Morgan fingerprint density at radius 1 is 1.14 bits per heavy atom. The van der Waals surface area contributed by atoms with Gasteiger partial charge in [-0.2, -0.15) is 0 Å². The summed E-state index contributed by atoms with van der Waals surface area (Å²) in [4.78, 5) is 33.5. The molecule has 8 nitrogen and oxygen atoms in total. The van der Waals surface area contributed by atoms with E-state index in [-0.39, 0.29) is 17.7 Å². The standard InChI is InChI=1S/C19H21Cl2N3O5/c1-19(2,3)18(26)29-28-17(25)15-16(22-23-24(15)4)27-12-6-5-10-8-13(20)14(21)9-11(10)7-12/h8-9,12H,5-7H2,1-4H3. The number of carbonyl (C=O) groups excluding carboxylic acids is 2. The van der Waals surface area contributed by atoms with E-state index in [1.54, 1.807) is 20.8 Å². The number of benzene rings is 1. The molecule has 10 heteroatoms. The molecule has 0 spiro atoms. The summed E-state index contributed by atoms with van der Waals surface area (Å²) in [6, 6.07) is 3.69. The van der Waals surface area contributed by atoms with Crippen molar-refractivity contribution in [2.75, 3.05) is 0 Å². The third-order valence-electron chi connectivity index (χ3n) is 4.50. The maximum absolute atomic E-state index is 12.4. The molecule has 1 aliphatic carbocycles. The van der Waals surface area contributed by atoms with E-state index in [1.165, 1.54) is 11.7 Å². The Balaban J connectivity index is 1.70. The van der Waals surface area contributed by atoms with Crippen LogP contribution in [0.1, 0.15) is 48.8 Å². The van der Waals surface area contributed by atoms with Gasteiger partial charge in [-0.05, 0) is 56.9 Å². The van der Waals surface area contributed by atoms with E-state index in [1.807, 2.05) is 12.1 Å². The third-order valence-corrected chi connectivity index (χ3v) is 5.22. The van der Waals surface area contributed by atoms with Gasteiger partial charge in [0.2, 0.25) is 5.69 Å². The van der Waals surface area contributed by atoms with Gasteiger partial charge in [-0.3, -0.25) is 0 Å². The van der Waals surface area contributed by atoms with E-state index in [0.29, 0.717) is 22.9 Å². The summed E-state index contributed by atoms with van der Waals surface area (Å²) in [6.07, 6.45) is 1.80. The molecule has 156 valence electrons. The van der Waals surface area contributed by atoms with E-state index < -0.39 is 17.4 Å². The fraction of sp³-hybridized carbons (Fsp3) is 0.474. The smallest absolute Gasteiger partial charge is 0.409 e. The molecule has 1 aromatic heterocycles. The second kappa shape index (κ2) is 8.20. The molecule has 29 heavy (non-hydrogen) atoms. The van der Waals surface area contributed by atoms with Crippen molar-refractivity contribution in [3.63, 3.8) is 0 Å². The Labute approximate surface area is 177 Å². The number of hydrogen-bond acceptors (Lipinski definition) is 7. The SMILES string of the molecule is Cn1nnc(OC2CCc3cc(Cl)c(Cl)cc3C2)c1C(=O)OOC(=O)C(C)(C)C. The topological polar surface area (TPSA) is 92.5 Å². The van der Waals surface area contributed by atoms with Gasteiger partial charge >= 0.3 is 11.9 Å². The van der Waals surface area contributed by atoms with Crippen LogP contribution in [0.4, 0.5) is 0 Å². The zero-order chi connectivity index (χ0) is 21.3. The lowest BCUT2D eigenvalue weighted by atomic mass is 9.90. The Morgan fingerprint density at radius 3 is 2.45 bits per heavy atom. The van der Waals surface area contributed by atoms with E-state index in [9.17, 15) is 9.59 Å². The van der Waals surface area contributed by atoms with E-state index in [2.05, 4.69) is 20.1 Å². The van der Waals surface area contributed by atoms with Crippen LogP contribution in [0.3, 0.4) is 0 Å². The number of aryl methyl sites for hydroxylation is 2. The predicted octanol–water partition coefficient (Wildman–Crippen LogP) is 3.72. The number of rotatable bonds is 3. The molecule has 0 bridgehead atoms. The monoisotopic (exact) mass is 441 g/mol. The highest BCUT2D eigenvalue weighted by Gasteiger charge is 2.30. The van der Waals surface area contributed by atoms with Gasteiger partial charge in [-0.15, -0.1) is 0 Å². The summed E-state index contributed by atoms with van der Waals surface area (Å²) in [7, 11) is 1.51. The van der Waals surface area contributed by atoms with Crippen molar-refractivity contribution < 1.29 is 24.1 Å². The maximum Gasteiger partial charge on any atom is 0.409 e. The van der Waals surface area contributed by atoms with Crippen LogP contribution < -0.4 is 4.74 Å². The molecular weight excluding hydrogens is 421 g/mol. The number of carbonyl (C=O) groups is 2. The molecule has 2 aromatic rings. The van der Waals surface area contributed by atoms with Crippen LogP contribution in [0.2, 0.25) is 10.0 Å². The second-order valence-electron chi connectivity index (χ2n) is 7.88. The van der Waals surface area contributed by atoms with Crippen molar-refractivity contribution in [3.05, 3.63) is 39.0 Å². The van der Waals surface area contributed by atoms with Crippen LogP contribution in [0.15, 0.2) is 12.1 Å².